The molecule has 0 aromatic heterocycles. The summed E-state index contributed by atoms with van der Waals surface area (Å²) < 4.78 is 0. The highest BCUT2D eigenvalue weighted by Gasteiger charge is 2.74. The minimum Gasteiger partial charge on any atom is -0.481 e. The quantitative estimate of drug-likeness (QED) is 0.605. The first-order valence-corrected chi connectivity index (χ1v) is 4.42. The van der Waals surface area contributed by atoms with Crippen LogP contribution in [0.25, 0.3) is 0 Å². The van der Waals surface area contributed by atoms with Crippen LogP contribution in [0, 0.1) is 16.7 Å². The van der Waals surface area contributed by atoms with Gasteiger partial charge in [0.2, 0.25) is 0 Å². The van der Waals surface area contributed by atoms with Crippen LogP contribution in [0.1, 0.15) is 26.7 Å². The maximum Gasteiger partial charge on any atom is 0.310 e. The Morgan fingerprint density at radius 2 is 2.17 bits per heavy atom. The highest BCUT2D eigenvalue weighted by Crippen LogP contribution is 2.73. The number of aliphatic carboxylic acids is 1. The molecular weight excluding hydrogens is 152 g/mol. The zero-order chi connectivity index (χ0) is 8.98. The van der Waals surface area contributed by atoms with E-state index in [9.17, 15) is 4.79 Å². The lowest BCUT2D eigenvalue weighted by atomic mass is 9.90. The van der Waals surface area contributed by atoms with E-state index in [1.54, 1.807) is 0 Å². The summed E-state index contributed by atoms with van der Waals surface area (Å²) in [6, 6.07) is 0. The first-order valence-electron chi connectivity index (χ1n) is 4.42. The molecular formula is C10H14O2. The number of fused-ring (bicyclic) bond motifs is 1. The van der Waals surface area contributed by atoms with Gasteiger partial charge in [0.05, 0.1) is 5.41 Å². The van der Waals surface area contributed by atoms with Gasteiger partial charge in [0.1, 0.15) is 0 Å². The molecule has 2 aliphatic carbocycles. The third kappa shape index (κ3) is 0.598. The van der Waals surface area contributed by atoms with Crippen LogP contribution < -0.4 is 0 Å². The number of hydrogen-bond donors (Lipinski definition) is 1. The van der Waals surface area contributed by atoms with Gasteiger partial charge in [-0.25, -0.2) is 0 Å². The molecule has 1 saturated carbocycles. The molecule has 0 aromatic carbocycles. The van der Waals surface area contributed by atoms with Crippen LogP contribution in [0.3, 0.4) is 0 Å². The summed E-state index contributed by atoms with van der Waals surface area (Å²) in [5.41, 5.74) is -0.427. The monoisotopic (exact) mass is 166 g/mol. The SMILES string of the molecule is CC1(C)[C@@H]2CC=CC[C@@]21C(=O)O. The van der Waals surface area contributed by atoms with Crippen molar-refractivity contribution in [1.82, 2.24) is 0 Å². The molecule has 0 spiro atoms. The fourth-order valence-electron chi connectivity index (χ4n) is 2.88. The minimum absolute atomic E-state index is 0.00231. The van der Waals surface area contributed by atoms with Crippen molar-refractivity contribution in [1.29, 1.82) is 0 Å². The van der Waals surface area contributed by atoms with E-state index in [4.69, 9.17) is 5.11 Å². The van der Waals surface area contributed by atoms with Crippen molar-refractivity contribution in [3.8, 4) is 0 Å². The number of hydrogen-bond acceptors (Lipinski definition) is 1. The van der Waals surface area contributed by atoms with Gasteiger partial charge in [0.15, 0.2) is 0 Å². The smallest absolute Gasteiger partial charge is 0.310 e. The number of allylic oxidation sites excluding steroid dienone is 2. The molecule has 12 heavy (non-hydrogen) atoms. The summed E-state index contributed by atoms with van der Waals surface area (Å²) in [5.74, 6) is -0.241. The molecule has 0 saturated heterocycles. The first kappa shape index (κ1) is 7.84. The van der Waals surface area contributed by atoms with Crippen LogP contribution in [-0.4, -0.2) is 11.1 Å². The Bertz CT molecular complexity index is 265. The highest BCUT2D eigenvalue weighted by atomic mass is 16.4. The van der Waals surface area contributed by atoms with Crippen molar-refractivity contribution >= 4 is 5.97 Å². The zero-order valence-electron chi connectivity index (χ0n) is 7.50. The molecule has 1 fully saturated rings. The molecule has 0 amide bonds. The van der Waals surface area contributed by atoms with Gasteiger partial charge < -0.3 is 5.11 Å². The van der Waals surface area contributed by atoms with Gasteiger partial charge in [-0.3, -0.25) is 4.79 Å². The van der Waals surface area contributed by atoms with E-state index in [1.165, 1.54) is 0 Å². The summed E-state index contributed by atoms with van der Waals surface area (Å²) >= 11 is 0. The van der Waals surface area contributed by atoms with Crippen molar-refractivity contribution in [2.75, 3.05) is 0 Å². The molecule has 2 rings (SSSR count). The lowest BCUT2D eigenvalue weighted by Gasteiger charge is -2.14. The van der Waals surface area contributed by atoms with Crippen LogP contribution in [0.2, 0.25) is 0 Å². The van der Waals surface area contributed by atoms with E-state index in [2.05, 4.69) is 19.9 Å². The van der Waals surface area contributed by atoms with Crippen LogP contribution in [0.4, 0.5) is 0 Å². The van der Waals surface area contributed by atoms with Gasteiger partial charge in [-0.15, -0.1) is 0 Å². The third-order valence-corrected chi connectivity index (χ3v) is 3.89. The van der Waals surface area contributed by atoms with Crippen molar-refractivity contribution in [3.63, 3.8) is 0 Å². The Labute approximate surface area is 72.3 Å². The van der Waals surface area contributed by atoms with Gasteiger partial charge in [-0.05, 0) is 24.2 Å². The Balaban J connectivity index is 2.36. The summed E-state index contributed by atoms with van der Waals surface area (Å²) in [6.07, 6.45) is 5.79. The topological polar surface area (TPSA) is 37.3 Å². The third-order valence-electron chi connectivity index (χ3n) is 3.89. The predicted octanol–water partition coefficient (Wildman–Crippen LogP) is 2.06. The van der Waals surface area contributed by atoms with E-state index in [-0.39, 0.29) is 5.41 Å². The molecule has 0 bridgehead atoms. The molecule has 66 valence electrons. The molecule has 2 heteroatoms. The molecule has 0 aliphatic heterocycles. The van der Waals surface area contributed by atoms with Gasteiger partial charge in [-0.2, -0.15) is 0 Å². The molecule has 2 nitrogen and oxygen atoms in total. The molecule has 0 aromatic rings. The van der Waals surface area contributed by atoms with Gasteiger partial charge in [0, 0.05) is 0 Å². The van der Waals surface area contributed by atoms with E-state index in [1.807, 2.05) is 6.08 Å². The minimum atomic E-state index is -0.609. The Kier molecular flexibility index (Phi) is 1.26. The predicted molar refractivity (Wildman–Crippen MR) is 45.7 cm³/mol. The Morgan fingerprint density at radius 3 is 2.58 bits per heavy atom. The Hall–Kier alpha value is -0.790. The average Bonchev–Trinajstić information content (AvgIpc) is 2.52. The van der Waals surface area contributed by atoms with Gasteiger partial charge >= 0.3 is 5.97 Å². The van der Waals surface area contributed by atoms with Crippen molar-refractivity contribution in [2.24, 2.45) is 16.7 Å². The molecule has 2 aliphatic rings. The van der Waals surface area contributed by atoms with Gasteiger partial charge in [-0.1, -0.05) is 26.0 Å². The standard InChI is InChI=1S/C10H14O2/c1-9(2)7-5-3-4-6-10(7,9)8(11)12/h3-4,7H,5-6H2,1-2H3,(H,11,12)/t7-,10-/m0/s1. The van der Waals surface area contributed by atoms with E-state index in [0.29, 0.717) is 5.92 Å². The van der Waals surface area contributed by atoms with E-state index >= 15 is 0 Å². The fourth-order valence-corrected chi connectivity index (χ4v) is 2.88. The maximum absolute atomic E-state index is 11.1. The second kappa shape index (κ2) is 1.93. The van der Waals surface area contributed by atoms with Crippen molar-refractivity contribution < 1.29 is 9.90 Å². The second-order valence-electron chi connectivity index (χ2n) is 4.46. The number of carboxylic acids is 1. The maximum atomic E-state index is 11.1. The number of carbonyl (C=O) groups is 1. The number of rotatable bonds is 1. The lowest BCUT2D eigenvalue weighted by Crippen LogP contribution is -2.21. The molecule has 1 N–H and O–H groups in total. The van der Waals surface area contributed by atoms with Crippen LogP contribution in [-0.2, 0) is 4.79 Å². The van der Waals surface area contributed by atoms with Gasteiger partial charge in [0.25, 0.3) is 0 Å². The molecule has 0 unspecified atom stereocenters. The summed E-state index contributed by atoms with van der Waals surface area (Å²) in [6.45, 7) is 4.14. The highest BCUT2D eigenvalue weighted by molar-refractivity contribution is 5.81. The van der Waals surface area contributed by atoms with Crippen LogP contribution in [0.5, 0.6) is 0 Å². The van der Waals surface area contributed by atoms with Crippen molar-refractivity contribution in [3.05, 3.63) is 12.2 Å². The Morgan fingerprint density at radius 1 is 1.50 bits per heavy atom. The largest absolute Gasteiger partial charge is 0.481 e. The van der Waals surface area contributed by atoms with Crippen LogP contribution >= 0.6 is 0 Å². The van der Waals surface area contributed by atoms with E-state index < -0.39 is 11.4 Å². The molecule has 0 heterocycles. The van der Waals surface area contributed by atoms with Crippen LogP contribution in [0.15, 0.2) is 12.2 Å². The van der Waals surface area contributed by atoms with Crippen molar-refractivity contribution in [2.45, 2.75) is 26.7 Å². The van der Waals surface area contributed by atoms with E-state index in [0.717, 1.165) is 12.8 Å². The fraction of sp³-hybridized carbons (Fsp3) is 0.700. The zero-order valence-corrected chi connectivity index (χ0v) is 7.50. The lowest BCUT2D eigenvalue weighted by molar-refractivity contribution is -0.145. The second-order valence-corrected chi connectivity index (χ2v) is 4.46. The normalized spacial score (nSPS) is 42.0. The molecule has 0 radical (unpaired) electrons. The summed E-state index contributed by atoms with van der Waals surface area (Å²) in [4.78, 5) is 11.1. The summed E-state index contributed by atoms with van der Waals surface area (Å²) in [7, 11) is 0. The first-order chi connectivity index (χ1) is 5.53. The summed E-state index contributed by atoms with van der Waals surface area (Å²) in [5, 5.41) is 9.14. The molecule has 2 atom stereocenters. The number of carboxylic acid groups (broad SMARTS) is 1. The average molecular weight is 166 g/mol.